The number of rotatable bonds is 41. The molecule has 3 N–H and O–H groups in total. The summed E-state index contributed by atoms with van der Waals surface area (Å²) in [6.45, 7) is 4.95. The van der Waals surface area contributed by atoms with Crippen molar-refractivity contribution in [2.24, 2.45) is 5.73 Å². The number of carbonyl (C=O) groups is 1. The predicted molar refractivity (Wildman–Crippen MR) is 210 cm³/mol. The van der Waals surface area contributed by atoms with E-state index in [9.17, 15) is 14.3 Å². The van der Waals surface area contributed by atoms with Crippen molar-refractivity contribution in [3.05, 3.63) is 12.2 Å². The van der Waals surface area contributed by atoms with E-state index < -0.39 is 13.9 Å². The fourth-order valence-electron chi connectivity index (χ4n) is 6.05. The van der Waals surface area contributed by atoms with E-state index >= 15 is 0 Å². The summed E-state index contributed by atoms with van der Waals surface area (Å²) in [5.74, 6) is -0.331. The van der Waals surface area contributed by atoms with Crippen molar-refractivity contribution in [2.45, 2.75) is 213 Å². The van der Waals surface area contributed by atoms with Crippen molar-refractivity contribution in [1.82, 2.24) is 0 Å². The standard InChI is InChI=1S/C41H82NO7P/c1-3-5-7-9-11-13-15-17-19-20-21-22-24-26-28-30-32-34-41(43)49-40(39-48-50(44,45)47-37-35-42)38-46-36-33-31-29-27-25-23-18-16-14-12-10-8-6-4-2/h17,19,40H,3-16,18,20-39,42H2,1-2H3,(H,44,45)/b19-17-. The van der Waals surface area contributed by atoms with E-state index in [1.165, 1.54) is 154 Å². The minimum absolute atomic E-state index is 0.0930. The lowest BCUT2D eigenvalue weighted by molar-refractivity contribution is -0.154. The summed E-state index contributed by atoms with van der Waals surface area (Å²) < 4.78 is 33.4. The average Bonchev–Trinajstić information content (AvgIpc) is 3.10. The summed E-state index contributed by atoms with van der Waals surface area (Å²) in [7, 11) is -4.27. The van der Waals surface area contributed by atoms with E-state index in [2.05, 4.69) is 26.0 Å². The van der Waals surface area contributed by atoms with Crippen LogP contribution in [0.3, 0.4) is 0 Å². The highest BCUT2D eigenvalue weighted by molar-refractivity contribution is 7.47. The highest BCUT2D eigenvalue weighted by atomic mass is 31.2. The van der Waals surface area contributed by atoms with Gasteiger partial charge in [-0.15, -0.1) is 0 Å². The quantitative estimate of drug-likeness (QED) is 0.0276. The third-order valence-electron chi connectivity index (χ3n) is 9.18. The van der Waals surface area contributed by atoms with Crippen LogP contribution in [0.25, 0.3) is 0 Å². The predicted octanol–water partition coefficient (Wildman–Crippen LogP) is 12.3. The van der Waals surface area contributed by atoms with E-state index in [4.69, 9.17) is 24.3 Å². The van der Waals surface area contributed by atoms with Gasteiger partial charge in [-0.25, -0.2) is 4.57 Å². The van der Waals surface area contributed by atoms with Crippen LogP contribution in [0.1, 0.15) is 206 Å². The molecule has 298 valence electrons. The molecule has 0 aliphatic heterocycles. The second-order valence-electron chi connectivity index (χ2n) is 14.2. The van der Waals surface area contributed by atoms with Crippen molar-refractivity contribution in [2.75, 3.05) is 33.0 Å². The van der Waals surface area contributed by atoms with Gasteiger partial charge in [0.05, 0.1) is 19.8 Å². The second kappa shape index (κ2) is 39.4. The Morgan fingerprint density at radius 3 is 1.46 bits per heavy atom. The van der Waals surface area contributed by atoms with Crippen molar-refractivity contribution >= 4 is 13.8 Å². The lowest BCUT2D eigenvalue weighted by Crippen LogP contribution is -2.28. The van der Waals surface area contributed by atoms with Gasteiger partial charge in [0.15, 0.2) is 0 Å². The Bertz CT molecular complexity index is 782. The number of carbonyl (C=O) groups excluding carboxylic acids is 1. The lowest BCUT2D eigenvalue weighted by atomic mass is 10.0. The largest absolute Gasteiger partial charge is 0.472 e. The maximum Gasteiger partial charge on any atom is 0.472 e. The number of phosphoric ester groups is 1. The second-order valence-corrected chi connectivity index (χ2v) is 15.7. The molecule has 0 aromatic heterocycles. The fraction of sp³-hybridized carbons (Fsp3) is 0.927. The third kappa shape index (κ3) is 38.5. The van der Waals surface area contributed by atoms with E-state index in [0.717, 1.165) is 32.1 Å². The van der Waals surface area contributed by atoms with Gasteiger partial charge in [-0.1, -0.05) is 174 Å². The number of ether oxygens (including phenoxy) is 2. The van der Waals surface area contributed by atoms with Crippen molar-refractivity contribution < 1.29 is 32.8 Å². The molecule has 0 radical (unpaired) electrons. The third-order valence-corrected chi connectivity index (χ3v) is 10.2. The minimum atomic E-state index is -4.27. The van der Waals surface area contributed by atoms with Crippen molar-refractivity contribution in [3.63, 3.8) is 0 Å². The van der Waals surface area contributed by atoms with Crippen LogP contribution in [0, 0.1) is 0 Å². The first-order chi connectivity index (χ1) is 24.4. The average molecular weight is 732 g/mol. The molecule has 0 amide bonds. The summed E-state index contributed by atoms with van der Waals surface area (Å²) in [5, 5.41) is 0. The number of nitrogens with two attached hydrogens (primary N) is 1. The number of allylic oxidation sites excluding steroid dienone is 2. The Labute approximate surface area is 309 Å². The minimum Gasteiger partial charge on any atom is -0.457 e. The maximum absolute atomic E-state index is 12.6. The van der Waals surface area contributed by atoms with Crippen LogP contribution in [0.5, 0.6) is 0 Å². The molecule has 0 saturated carbocycles. The van der Waals surface area contributed by atoms with Crippen LogP contribution >= 0.6 is 7.82 Å². The molecule has 0 spiro atoms. The highest BCUT2D eigenvalue weighted by Gasteiger charge is 2.25. The van der Waals surface area contributed by atoms with Gasteiger partial charge in [0, 0.05) is 19.6 Å². The van der Waals surface area contributed by atoms with Gasteiger partial charge < -0.3 is 20.1 Å². The molecule has 0 saturated heterocycles. The molecule has 0 rings (SSSR count). The summed E-state index contributed by atoms with van der Waals surface area (Å²) in [5.41, 5.74) is 5.36. The molecule has 2 atom stereocenters. The highest BCUT2D eigenvalue weighted by Crippen LogP contribution is 2.43. The van der Waals surface area contributed by atoms with Crippen LogP contribution < -0.4 is 5.73 Å². The Balaban J connectivity index is 4.02. The van der Waals surface area contributed by atoms with E-state index in [0.29, 0.717) is 13.0 Å². The van der Waals surface area contributed by atoms with Gasteiger partial charge in [-0.3, -0.25) is 13.8 Å². The topological polar surface area (TPSA) is 117 Å². The van der Waals surface area contributed by atoms with E-state index in [-0.39, 0.29) is 32.3 Å². The Morgan fingerprint density at radius 2 is 1.00 bits per heavy atom. The molecule has 0 aliphatic rings. The van der Waals surface area contributed by atoms with Crippen LogP contribution in [0.4, 0.5) is 0 Å². The molecular weight excluding hydrogens is 649 g/mol. The fourth-order valence-corrected chi connectivity index (χ4v) is 6.82. The summed E-state index contributed by atoms with van der Waals surface area (Å²) >= 11 is 0. The van der Waals surface area contributed by atoms with Crippen molar-refractivity contribution in [3.8, 4) is 0 Å². The molecule has 0 aromatic carbocycles. The van der Waals surface area contributed by atoms with Crippen LogP contribution in [-0.2, 0) is 27.9 Å². The maximum atomic E-state index is 12.6. The summed E-state index contributed by atoms with van der Waals surface area (Å²) in [6, 6.07) is 0. The van der Waals surface area contributed by atoms with Gasteiger partial charge in [0.1, 0.15) is 6.10 Å². The zero-order valence-electron chi connectivity index (χ0n) is 32.9. The van der Waals surface area contributed by atoms with Crippen LogP contribution in [0.2, 0.25) is 0 Å². The zero-order valence-corrected chi connectivity index (χ0v) is 33.8. The summed E-state index contributed by atoms with van der Waals surface area (Å²) in [6.07, 6.45) is 40.8. The van der Waals surface area contributed by atoms with Gasteiger partial charge in [0.2, 0.25) is 0 Å². The number of phosphoric acid groups is 1. The van der Waals surface area contributed by atoms with Crippen LogP contribution in [0.15, 0.2) is 12.2 Å². The molecule has 9 heteroatoms. The zero-order chi connectivity index (χ0) is 36.6. The number of unbranched alkanes of at least 4 members (excludes halogenated alkanes) is 26. The van der Waals surface area contributed by atoms with E-state index in [1.54, 1.807) is 0 Å². The Kier molecular flexibility index (Phi) is 38.8. The van der Waals surface area contributed by atoms with Gasteiger partial charge in [-0.05, 0) is 38.5 Å². The van der Waals surface area contributed by atoms with E-state index in [1.807, 2.05) is 0 Å². The monoisotopic (exact) mass is 732 g/mol. The Hall–Kier alpha value is -0.760. The molecule has 0 heterocycles. The first kappa shape index (κ1) is 49.2. The summed E-state index contributed by atoms with van der Waals surface area (Å²) in [4.78, 5) is 22.4. The molecule has 0 aromatic rings. The molecule has 0 aliphatic carbocycles. The first-order valence-electron chi connectivity index (χ1n) is 21.2. The molecule has 0 bridgehead atoms. The number of esters is 1. The smallest absolute Gasteiger partial charge is 0.457 e. The van der Waals surface area contributed by atoms with Gasteiger partial charge in [0.25, 0.3) is 0 Å². The molecule has 50 heavy (non-hydrogen) atoms. The lowest BCUT2D eigenvalue weighted by Gasteiger charge is -2.20. The number of hydrogen-bond donors (Lipinski definition) is 2. The van der Waals surface area contributed by atoms with Gasteiger partial charge >= 0.3 is 13.8 Å². The van der Waals surface area contributed by atoms with Crippen LogP contribution in [-0.4, -0.2) is 49.9 Å². The van der Waals surface area contributed by atoms with Gasteiger partial charge in [-0.2, -0.15) is 0 Å². The first-order valence-corrected chi connectivity index (χ1v) is 22.7. The molecule has 8 nitrogen and oxygen atoms in total. The Morgan fingerprint density at radius 1 is 0.580 bits per heavy atom. The number of hydrogen-bond acceptors (Lipinski definition) is 7. The molecule has 2 unspecified atom stereocenters. The molecular formula is C41H82NO7P. The molecule has 0 fully saturated rings. The SMILES string of the molecule is CCCCCCCC/C=C\CCCCCCCCCC(=O)OC(COCCCCCCCCCCCCCCCC)COP(=O)(O)OCCN. The normalized spacial score (nSPS) is 13.6. The van der Waals surface area contributed by atoms with Crippen molar-refractivity contribution in [1.29, 1.82) is 0 Å².